The number of aromatic nitrogens is 2. The molecule has 1 unspecified atom stereocenters. The number of nitrogens with two attached hydrogens (primary N) is 1. The lowest BCUT2D eigenvalue weighted by atomic mass is 9.98. The molecule has 0 aliphatic rings. The highest BCUT2D eigenvalue weighted by Crippen LogP contribution is 2.30. The van der Waals surface area contributed by atoms with Crippen LogP contribution in [0.25, 0.3) is 11.0 Å². The highest BCUT2D eigenvalue weighted by atomic mass is 19.4. The van der Waals surface area contributed by atoms with Crippen LogP contribution >= 0.6 is 0 Å². The van der Waals surface area contributed by atoms with Gasteiger partial charge in [-0.15, -0.1) is 0 Å². The van der Waals surface area contributed by atoms with Gasteiger partial charge in [-0.1, -0.05) is 24.3 Å². The number of nitrogens with zero attached hydrogens (tertiary/aromatic N) is 1. The molecule has 1 heterocycles. The second-order valence-corrected chi connectivity index (χ2v) is 5.47. The zero-order valence-electron chi connectivity index (χ0n) is 12.3. The van der Waals surface area contributed by atoms with Crippen molar-refractivity contribution >= 4 is 11.0 Å². The van der Waals surface area contributed by atoms with Crippen LogP contribution in [0.1, 0.15) is 22.9 Å². The number of nitrogens with one attached hydrogen (secondary N) is 1. The fourth-order valence-corrected chi connectivity index (χ4v) is 2.57. The molecule has 0 radical (unpaired) electrons. The van der Waals surface area contributed by atoms with Gasteiger partial charge in [0, 0.05) is 12.5 Å². The number of para-hydroxylation sites is 2. The molecule has 3 rings (SSSR count). The predicted molar refractivity (Wildman–Crippen MR) is 83.0 cm³/mol. The fourth-order valence-electron chi connectivity index (χ4n) is 2.57. The van der Waals surface area contributed by atoms with Crippen molar-refractivity contribution in [2.24, 2.45) is 5.73 Å². The second-order valence-electron chi connectivity index (χ2n) is 5.47. The summed E-state index contributed by atoms with van der Waals surface area (Å²) in [4.78, 5) is 7.75. The van der Waals surface area contributed by atoms with Crippen molar-refractivity contribution in [2.75, 3.05) is 6.54 Å². The summed E-state index contributed by atoms with van der Waals surface area (Å²) in [6.07, 6.45) is -3.78. The number of hydrogen-bond acceptors (Lipinski definition) is 2. The van der Waals surface area contributed by atoms with Crippen LogP contribution in [-0.2, 0) is 12.6 Å². The maximum atomic E-state index is 12.6. The van der Waals surface area contributed by atoms with Gasteiger partial charge < -0.3 is 10.7 Å². The summed E-state index contributed by atoms with van der Waals surface area (Å²) in [5, 5.41) is 0. The minimum Gasteiger partial charge on any atom is -0.342 e. The molecular weight excluding hydrogens is 303 g/mol. The Morgan fingerprint density at radius 3 is 2.35 bits per heavy atom. The minimum absolute atomic E-state index is 0.0702. The molecule has 0 aliphatic carbocycles. The summed E-state index contributed by atoms with van der Waals surface area (Å²) in [6.45, 7) is 0.362. The predicted octanol–water partition coefficient (Wildman–Crippen LogP) is 3.87. The minimum atomic E-state index is -4.31. The zero-order chi connectivity index (χ0) is 16.4. The van der Waals surface area contributed by atoms with E-state index in [2.05, 4.69) is 9.97 Å². The van der Waals surface area contributed by atoms with E-state index in [-0.39, 0.29) is 5.92 Å². The van der Waals surface area contributed by atoms with E-state index in [0.29, 0.717) is 13.0 Å². The number of aromatic amines is 1. The third-order valence-electron chi connectivity index (χ3n) is 3.84. The molecular formula is C17H16F3N3. The molecule has 6 heteroatoms. The Morgan fingerprint density at radius 2 is 1.74 bits per heavy atom. The quantitative estimate of drug-likeness (QED) is 0.767. The third kappa shape index (κ3) is 3.37. The molecule has 0 saturated carbocycles. The number of benzene rings is 2. The molecule has 1 atom stereocenters. The second kappa shape index (κ2) is 6.04. The van der Waals surface area contributed by atoms with Gasteiger partial charge in [-0.05, 0) is 36.2 Å². The van der Waals surface area contributed by atoms with E-state index in [1.807, 2.05) is 24.3 Å². The van der Waals surface area contributed by atoms with Gasteiger partial charge in [-0.3, -0.25) is 0 Å². The lowest BCUT2D eigenvalue weighted by Gasteiger charge is -2.13. The van der Waals surface area contributed by atoms with Crippen LogP contribution in [-0.4, -0.2) is 16.5 Å². The number of imidazole rings is 1. The summed E-state index contributed by atoms with van der Waals surface area (Å²) < 4.78 is 37.8. The average molecular weight is 319 g/mol. The first-order valence-corrected chi connectivity index (χ1v) is 7.28. The first-order chi connectivity index (χ1) is 11.0. The molecule has 0 spiro atoms. The van der Waals surface area contributed by atoms with Crippen LogP contribution < -0.4 is 5.73 Å². The van der Waals surface area contributed by atoms with Gasteiger partial charge in [0.2, 0.25) is 0 Å². The Bertz CT molecular complexity index is 758. The number of hydrogen-bond donors (Lipinski definition) is 2. The maximum Gasteiger partial charge on any atom is 0.416 e. The van der Waals surface area contributed by atoms with Crippen LogP contribution in [0.4, 0.5) is 13.2 Å². The van der Waals surface area contributed by atoms with E-state index in [1.165, 1.54) is 12.1 Å². The third-order valence-corrected chi connectivity index (χ3v) is 3.84. The standard InChI is InChI=1S/C17H16F3N3/c18-17(19,20)13-7-5-11(6-8-13)9-12(10-21)16-22-14-3-1-2-4-15(14)23-16/h1-8,12H,9-10,21H2,(H,22,23). The Kier molecular flexibility index (Phi) is 4.09. The molecule has 3 aromatic rings. The van der Waals surface area contributed by atoms with Crippen molar-refractivity contribution in [3.8, 4) is 0 Å². The first kappa shape index (κ1) is 15.6. The van der Waals surface area contributed by atoms with Crippen molar-refractivity contribution in [2.45, 2.75) is 18.5 Å². The highest BCUT2D eigenvalue weighted by Gasteiger charge is 2.30. The SMILES string of the molecule is NCC(Cc1ccc(C(F)(F)F)cc1)c1nc2ccccc2[nH]1. The number of halogens is 3. The Balaban J connectivity index is 1.81. The van der Waals surface area contributed by atoms with Crippen LogP contribution in [0.3, 0.4) is 0 Å². The normalized spacial score (nSPS) is 13.4. The summed E-state index contributed by atoms with van der Waals surface area (Å²) in [7, 11) is 0. The van der Waals surface area contributed by atoms with Crippen LogP contribution in [0.5, 0.6) is 0 Å². The lowest BCUT2D eigenvalue weighted by Crippen LogP contribution is -2.16. The Morgan fingerprint density at radius 1 is 1.04 bits per heavy atom. The molecule has 0 aliphatic heterocycles. The van der Waals surface area contributed by atoms with Crippen molar-refractivity contribution in [3.63, 3.8) is 0 Å². The topological polar surface area (TPSA) is 54.7 Å². The number of fused-ring (bicyclic) bond motifs is 1. The number of rotatable bonds is 4. The zero-order valence-corrected chi connectivity index (χ0v) is 12.3. The summed E-state index contributed by atoms with van der Waals surface area (Å²) in [5.41, 5.74) is 7.77. The van der Waals surface area contributed by atoms with E-state index in [0.717, 1.165) is 34.6 Å². The lowest BCUT2D eigenvalue weighted by molar-refractivity contribution is -0.137. The monoisotopic (exact) mass is 319 g/mol. The Hall–Kier alpha value is -2.34. The van der Waals surface area contributed by atoms with Gasteiger partial charge in [-0.25, -0.2) is 4.98 Å². The van der Waals surface area contributed by atoms with E-state index in [9.17, 15) is 13.2 Å². The van der Waals surface area contributed by atoms with Crippen LogP contribution in [0.2, 0.25) is 0 Å². The van der Waals surface area contributed by atoms with Gasteiger partial charge in [-0.2, -0.15) is 13.2 Å². The number of alkyl halides is 3. The smallest absolute Gasteiger partial charge is 0.342 e. The maximum absolute atomic E-state index is 12.6. The molecule has 3 N–H and O–H groups in total. The Labute approximate surface area is 131 Å². The molecule has 120 valence electrons. The van der Waals surface area contributed by atoms with Gasteiger partial charge in [0.15, 0.2) is 0 Å². The molecule has 1 aromatic heterocycles. The molecule has 3 nitrogen and oxygen atoms in total. The van der Waals surface area contributed by atoms with E-state index < -0.39 is 11.7 Å². The van der Waals surface area contributed by atoms with Crippen molar-refractivity contribution < 1.29 is 13.2 Å². The molecule has 0 bridgehead atoms. The van der Waals surface area contributed by atoms with E-state index >= 15 is 0 Å². The van der Waals surface area contributed by atoms with Gasteiger partial charge in [0.1, 0.15) is 5.82 Å². The van der Waals surface area contributed by atoms with Crippen molar-refractivity contribution in [1.29, 1.82) is 0 Å². The van der Waals surface area contributed by atoms with Crippen LogP contribution in [0.15, 0.2) is 48.5 Å². The molecule has 0 fully saturated rings. The van der Waals surface area contributed by atoms with Crippen molar-refractivity contribution in [3.05, 3.63) is 65.5 Å². The molecule has 23 heavy (non-hydrogen) atoms. The summed E-state index contributed by atoms with van der Waals surface area (Å²) >= 11 is 0. The summed E-state index contributed by atoms with van der Waals surface area (Å²) in [6, 6.07) is 12.8. The fraction of sp³-hybridized carbons (Fsp3) is 0.235. The largest absolute Gasteiger partial charge is 0.416 e. The van der Waals surface area contributed by atoms with Gasteiger partial charge >= 0.3 is 6.18 Å². The summed E-state index contributed by atoms with van der Waals surface area (Å²) in [5.74, 6) is 0.688. The van der Waals surface area contributed by atoms with Crippen molar-refractivity contribution in [1.82, 2.24) is 9.97 Å². The number of H-pyrrole nitrogens is 1. The average Bonchev–Trinajstić information content (AvgIpc) is 2.96. The van der Waals surface area contributed by atoms with Gasteiger partial charge in [0.25, 0.3) is 0 Å². The van der Waals surface area contributed by atoms with E-state index in [1.54, 1.807) is 0 Å². The van der Waals surface area contributed by atoms with Crippen LogP contribution in [0, 0.1) is 0 Å². The molecule has 2 aromatic carbocycles. The molecule has 0 saturated heterocycles. The molecule has 0 amide bonds. The van der Waals surface area contributed by atoms with E-state index in [4.69, 9.17) is 5.73 Å². The highest BCUT2D eigenvalue weighted by molar-refractivity contribution is 5.74. The van der Waals surface area contributed by atoms with Gasteiger partial charge in [0.05, 0.1) is 16.6 Å². The first-order valence-electron chi connectivity index (χ1n) is 7.28.